The van der Waals surface area contributed by atoms with E-state index >= 15 is 0 Å². The number of hydrogen-bond donors (Lipinski definition) is 2. The fraction of sp³-hybridized carbons (Fsp3) is 1.00. The number of nitrogens with zero attached hydrogens (tertiary/aromatic N) is 2. The first-order valence-electron chi connectivity index (χ1n) is 7.60. The highest BCUT2D eigenvalue weighted by molar-refractivity contribution is 4.87. The van der Waals surface area contributed by atoms with Crippen molar-refractivity contribution in [2.75, 3.05) is 32.8 Å². The molecule has 4 heteroatoms. The fourth-order valence-electron chi connectivity index (χ4n) is 3.50. The quantitative estimate of drug-likeness (QED) is 0.757. The van der Waals surface area contributed by atoms with Crippen LogP contribution in [-0.4, -0.2) is 65.8 Å². The minimum Gasteiger partial charge on any atom is -0.395 e. The molecule has 4 nitrogen and oxygen atoms in total. The van der Waals surface area contributed by atoms with Gasteiger partial charge >= 0.3 is 0 Å². The first kappa shape index (κ1) is 14.3. The Morgan fingerprint density at radius 3 is 2.28 bits per heavy atom. The van der Waals surface area contributed by atoms with Crippen molar-refractivity contribution >= 4 is 0 Å². The molecule has 106 valence electrons. The third-order valence-corrected chi connectivity index (χ3v) is 4.81. The van der Waals surface area contributed by atoms with E-state index in [0.29, 0.717) is 0 Å². The zero-order valence-electron chi connectivity index (χ0n) is 11.7. The molecule has 1 saturated heterocycles. The molecule has 0 aromatic carbocycles. The molecule has 0 aromatic heterocycles. The maximum Gasteiger partial charge on any atom is 0.0601 e. The summed E-state index contributed by atoms with van der Waals surface area (Å²) in [6, 6.07) is 1.09. The van der Waals surface area contributed by atoms with Crippen LogP contribution in [0.3, 0.4) is 0 Å². The van der Waals surface area contributed by atoms with Crippen molar-refractivity contribution in [3.05, 3.63) is 0 Å². The summed E-state index contributed by atoms with van der Waals surface area (Å²) in [6.07, 6.45) is 6.53. The Morgan fingerprint density at radius 1 is 1.17 bits per heavy atom. The molecule has 1 aliphatic heterocycles. The number of nitrogens with two attached hydrogens (primary N) is 1. The zero-order chi connectivity index (χ0) is 13.0. The average molecular weight is 255 g/mol. The molecule has 2 unspecified atom stereocenters. The van der Waals surface area contributed by atoms with E-state index in [-0.39, 0.29) is 18.7 Å². The Balaban J connectivity index is 1.81. The second kappa shape index (κ2) is 6.85. The Kier molecular flexibility index (Phi) is 5.42. The average Bonchev–Trinajstić information content (AvgIpc) is 2.94. The summed E-state index contributed by atoms with van der Waals surface area (Å²) >= 11 is 0. The lowest BCUT2D eigenvalue weighted by molar-refractivity contribution is 0.0379. The molecule has 3 N–H and O–H groups in total. The van der Waals surface area contributed by atoms with E-state index in [1.807, 2.05) is 0 Å². The Labute approximate surface area is 111 Å². The van der Waals surface area contributed by atoms with Gasteiger partial charge in [0.25, 0.3) is 0 Å². The number of rotatable bonds is 5. The lowest BCUT2D eigenvalue weighted by Crippen LogP contribution is -2.58. The van der Waals surface area contributed by atoms with Crippen molar-refractivity contribution in [3.63, 3.8) is 0 Å². The Morgan fingerprint density at radius 2 is 1.78 bits per heavy atom. The molecule has 2 atom stereocenters. The van der Waals surface area contributed by atoms with Gasteiger partial charge in [-0.15, -0.1) is 0 Å². The van der Waals surface area contributed by atoms with Gasteiger partial charge in [0.05, 0.1) is 6.61 Å². The Hall–Kier alpha value is -0.160. The molecule has 1 saturated carbocycles. The van der Waals surface area contributed by atoms with Crippen LogP contribution >= 0.6 is 0 Å². The number of piperazine rings is 1. The lowest BCUT2D eigenvalue weighted by Gasteiger charge is -2.42. The van der Waals surface area contributed by atoms with Crippen LogP contribution in [-0.2, 0) is 0 Å². The molecule has 0 bridgehead atoms. The van der Waals surface area contributed by atoms with Crippen LogP contribution in [0.15, 0.2) is 0 Å². The second-order valence-corrected chi connectivity index (χ2v) is 5.83. The van der Waals surface area contributed by atoms with Crippen LogP contribution in [0.1, 0.15) is 39.0 Å². The summed E-state index contributed by atoms with van der Waals surface area (Å²) < 4.78 is 0. The van der Waals surface area contributed by atoms with E-state index in [2.05, 4.69) is 16.7 Å². The summed E-state index contributed by atoms with van der Waals surface area (Å²) in [5.41, 5.74) is 6.10. The van der Waals surface area contributed by atoms with Crippen molar-refractivity contribution in [1.82, 2.24) is 9.80 Å². The van der Waals surface area contributed by atoms with E-state index < -0.39 is 0 Å². The molecule has 0 aromatic rings. The molecule has 2 fully saturated rings. The summed E-state index contributed by atoms with van der Waals surface area (Å²) in [4.78, 5) is 5.04. The summed E-state index contributed by atoms with van der Waals surface area (Å²) in [5, 5.41) is 9.52. The van der Waals surface area contributed by atoms with Crippen LogP contribution in [0.2, 0.25) is 0 Å². The van der Waals surface area contributed by atoms with E-state index in [9.17, 15) is 5.11 Å². The van der Waals surface area contributed by atoms with E-state index in [1.165, 1.54) is 25.7 Å². The second-order valence-electron chi connectivity index (χ2n) is 5.83. The van der Waals surface area contributed by atoms with Crippen LogP contribution in [0.5, 0.6) is 0 Å². The molecule has 2 aliphatic rings. The molecule has 0 radical (unpaired) electrons. The number of aliphatic hydroxyl groups is 1. The molecule has 0 spiro atoms. The summed E-state index contributed by atoms with van der Waals surface area (Å²) in [7, 11) is 0. The van der Waals surface area contributed by atoms with Gasteiger partial charge in [-0.05, 0) is 19.3 Å². The summed E-state index contributed by atoms with van der Waals surface area (Å²) in [6.45, 7) is 6.72. The van der Waals surface area contributed by atoms with Crippen molar-refractivity contribution < 1.29 is 5.11 Å². The van der Waals surface area contributed by atoms with Crippen LogP contribution in [0.25, 0.3) is 0 Å². The minimum atomic E-state index is 0.105. The fourth-order valence-corrected chi connectivity index (χ4v) is 3.50. The standard InChI is InChI=1S/C14H29N3O/c1-2-13(15)14(11-18)17-9-7-16(8-10-17)12-5-3-4-6-12/h12-14,18H,2-11,15H2,1H3. The van der Waals surface area contributed by atoms with E-state index in [0.717, 1.165) is 38.6 Å². The first-order chi connectivity index (χ1) is 8.76. The van der Waals surface area contributed by atoms with Crippen molar-refractivity contribution in [2.24, 2.45) is 5.73 Å². The molecule has 1 aliphatic carbocycles. The topological polar surface area (TPSA) is 52.7 Å². The van der Waals surface area contributed by atoms with Gasteiger partial charge in [0.15, 0.2) is 0 Å². The normalized spacial score (nSPS) is 27.5. The van der Waals surface area contributed by atoms with Crippen LogP contribution in [0.4, 0.5) is 0 Å². The predicted molar refractivity (Wildman–Crippen MR) is 74.5 cm³/mol. The zero-order valence-corrected chi connectivity index (χ0v) is 11.7. The van der Waals surface area contributed by atoms with Gasteiger partial charge in [-0.1, -0.05) is 19.8 Å². The number of aliphatic hydroxyl groups excluding tert-OH is 1. The van der Waals surface area contributed by atoms with Gasteiger partial charge in [-0.3, -0.25) is 9.80 Å². The largest absolute Gasteiger partial charge is 0.395 e. The van der Waals surface area contributed by atoms with Crippen LogP contribution in [0, 0.1) is 0 Å². The van der Waals surface area contributed by atoms with Gasteiger partial charge in [-0.2, -0.15) is 0 Å². The van der Waals surface area contributed by atoms with Crippen molar-refractivity contribution in [1.29, 1.82) is 0 Å². The van der Waals surface area contributed by atoms with Gasteiger partial charge in [-0.25, -0.2) is 0 Å². The van der Waals surface area contributed by atoms with Gasteiger partial charge < -0.3 is 10.8 Å². The predicted octanol–water partition coefficient (Wildman–Crippen LogP) is 0.645. The number of hydrogen-bond acceptors (Lipinski definition) is 4. The highest BCUT2D eigenvalue weighted by atomic mass is 16.3. The highest BCUT2D eigenvalue weighted by Gasteiger charge is 2.30. The lowest BCUT2D eigenvalue weighted by atomic mass is 10.0. The first-order valence-corrected chi connectivity index (χ1v) is 7.60. The smallest absolute Gasteiger partial charge is 0.0601 e. The molecule has 1 heterocycles. The molecule has 18 heavy (non-hydrogen) atoms. The highest BCUT2D eigenvalue weighted by Crippen LogP contribution is 2.24. The maximum absolute atomic E-state index is 9.52. The maximum atomic E-state index is 9.52. The van der Waals surface area contributed by atoms with E-state index in [1.54, 1.807) is 0 Å². The monoisotopic (exact) mass is 255 g/mol. The van der Waals surface area contributed by atoms with Gasteiger partial charge in [0.2, 0.25) is 0 Å². The molecular weight excluding hydrogens is 226 g/mol. The minimum absolute atomic E-state index is 0.105. The van der Waals surface area contributed by atoms with Gasteiger partial charge in [0, 0.05) is 44.3 Å². The third-order valence-electron chi connectivity index (χ3n) is 4.81. The summed E-state index contributed by atoms with van der Waals surface area (Å²) in [5.74, 6) is 0. The SMILES string of the molecule is CCC(N)C(CO)N1CCN(C2CCCC2)CC1. The third kappa shape index (κ3) is 3.23. The van der Waals surface area contributed by atoms with E-state index in [4.69, 9.17) is 5.73 Å². The van der Waals surface area contributed by atoms with Crippen LogP contribution < -0.4 is 5.73 Å². The van der Waals surface area contributed by atoms with Crippen molar-refractivity contribution in [3.8, 4) is 0 Å². The molecular formula is C14H29N3O. The molecule has 0 amide bonds. The molecule has 2 rings (SSSR count). The Bertz CT molecular complexity index is 235. The van der Waals surface area contributed by atoms with Gasteiger partial charge in [0.1, 0.15) is 0 Å². The van der Waals surface area contributed by atoms with Crippen molar-refractivity contribution in [2.45, 2.75) is 57.2 Å².